The van der Waals surface area contributed by atoms with Crippen LogP contribution in [0.3, 0.4) is 0 Å². The molecule has 1 saturated heterocycles. The van der Waals surface area contributed by atoms with Crippen molar-refractivity contribution in [3.8, 4) is 0 Å². The Morgan fingerprint density at radius 1 is 1.25 bits per heavy atom. The maximum Gasteiger partial charge on any atom is 0.254 e. The van der Waals surface area contributed by atoms with Crippen molar-refractivity contribution in [3.05, 3.63) is 29.3 Å². The van der Waals surface area contributed by atoms with Gasteiger partial charge in [-0.3, -0.25) is 14.5 Å². The van der Waals surface area contributed by atoms with E-state index in [1.54, 1.807) is 17.0 Å². The molecule has 0 spiro atoms. The zero-order valence-corrected chi connectivity index (χ0v) is 17.0. The maximum atomic E-state index is 12.9. The van der Waals surface area contributed by atoms with Gasteiger partial charge in [-0.2, -0.15) is 0 Å². The van der Waals surface area contributed by atoms with Crippen molar-refractivity contribution < 1.29 is 9.59 Å². The third-order valence-corrected chi connectivity index (χ3v) is 6.62. The van der Waals surface area contributed by atoms with E-state index in [0.717, 1.165) is 31.5 Å². The van der Waals surface area contributed by atoms with Gasteiger partial charge in [0.2, 0.25) is 5.91 Å². The van der Waals surface area contributed by atoms with Crippen LogP contribution in [0.4, 0.5) is 0 Å². The van der Waals surface area contributed by atoms with Crippen molar-refractivity contribution in [2.75, 3.05) is 26.2 Å². The Labute approximate surface area is 169 Å². The lowest BCUT2D eigenvalue weighted by Gasteiger charge is -2.43. The zero-order valence-electron chi connectivity index (χ0n) is 17.0. The first kappa shape index (κ1) is 19.5. The summed E-state index contributed by atoms with van der Waals surface area (Å²) in [7, 11) is 5.92. The standard InChI is InChI=1S/C22H30BN3O2/c1-22(2)14-26(21(28)18-9-8-15(23)11-19(18)22)13-20(27)24-16-5-4-10-25(12-16)17-6-3-7-17/h8-9,11,16-17H,3-7,10,12-14H2,1-2H3,(H,24,27)/t16-/m1/s1. The molecular formula is C22H30BN3O2. The maximum absolute atomic E-state index is 12.9. The summed E-state index contributed by atoms with van der Waals surface area (Å²) in [5.41, 5.74) is 2.06. The molecule has 2 aliphatic heterocycles. The minimum absolute atomic E-state index is 0.0523. The average Bonchev–Trinajstić information content (AvgIpc) is 2.58. The average molecular weight is 379 g/mol. The predicted octanol–water partition coefficient (Wildman–Crippen LogP) is 1.35. The van der Waals surface area contributed by atoms with E-state index < -0.39 is 0 Å². The summed E-state index contributed by atoms with van der Waals surface area (Å²) < 4.78 is 0. The van der Waals surface area contributed by atoms with Gasteiger partial charge in [0.25, 0.3) is 5.91 Å². The Bertz CT molecular complexity index is 775. The molecule has 2 heterocycles. The first-order valence-electron chi connectivity index (χ1n) is 10.6. The number of nitrogens with one attached hydrogen (secondary N) is 1. The minimum Gasteiger partial charge on any atom is -0.351 e. The third kappa shape index (κ3) is 3.84. The van der Waals surface area contributed by atoms with Gasteiger partial charge in [0, 0.05) is 36.2 Å². The van der Waals surface area contributed by atoms with Crippen LogP contribution in [0.1, 0.15) is 61.9 Å². The number of amides is 2. The number of piperidine rings is 1. The second kappa shape index (κ2) is 7.55. The highest BCUT2D eigenvalue weighted by Crippen LogP contribution is 2.32. The van der Waals surface area contributed by atoms with Crippen molar-refractivity contribution in [1.82, 2.24) is 15.1 Å². The number of fused-ring (bicyclic) bond motifs is 1. The van der Waals surface area contributed by atoms with Gasteiger partial charge in [-0.05, 0) is 43.9 Å². The van der Waals surface area contributed by atoms with Crippen LogP contribution in [0.15, 0.2) is 18.2 Å². The second-order valence-electron chi connectivity index (χ2n) is 9.34. The number of benzene rings is 1. The van der Waals surface area contributed by atoms with Gasteiger partial charge in [0.1, 0.15) is 7.85 Å². The van der Waals surface area contributed by atoms with Crippen molar-refractivity contribution in [1.29, 1.82) is 0 Å². The van der Waals surface area contributed by atoms with Crippen molar-refractivity contribution in [3.63, 3.8) is 0 Å². The van der Waals surface area contributed by atoms with Gasteiger partial charge in [-0.1, -0.05) is 37.9 Å². The fraction of sp³-hybridized carbons (Fsp3) is 0.636. The Balaban J connectivity index is 1.39. The van der Waals surface area contributed by atoms with E-state index in [-0.39, 0.29) is 29.8 Å². The molecule has 3 aliphatic rings. The molecular weight excluding hydrogens is 349 g/mol. The number of carbonyl (C=O) groups is 2. The fourth-order valence-corrected chi connectivity index (χ4v) is 4.89. The lowest BCUT2D eigenvalue weighted by Crippen LogP contribution is -2.55. The van der Waals surface area contributed by atoms with Crippen molar-refractivity contribution in [2.45, 2.75) is 63.5 Å². The topological polar surface area (TPSA) is 52.7 Å². The van der Waals surface area contributed by atoms with Crippen LogP contribution < -0.4 is 10.8 Å². The number of rotatable bonds is 4. The van der Waals surface area contributed by atoms with Gasteiger partial charge < -0.3 is 10.2 Å². The Kier molecular flexibility index (Phi) is 5.25. The van der Waals surface area contributed by atoms with Crippen LogP contribution in [0.25, 0.3) is 0 Å². The molecule has 1 aromatic rings. The second-order valence-corrected chi connectivity index (χ2v) is 9.34. The molecule has 1 aliphatic carbocycles. The number of likely N-dealkylation sites (tertiary alicyclic amines) is 1. The molecule has 1 aromatic carbocycles. The van der Waals surface area contributed by atoms with Gasteiger partial charge in [-0.15, -0.1) is 0 Å². The molecule has 1 N–H and O–H groups in total. The highest BCUT2D eigenvalue weighted by molar-refractivity contribution is 6.32. The molecule has 6 heteroatoms. The van der Waals surface area contributed by atoms with Crippen LogP contribution in [-0.4, -0.2) is 67.7 Å². The third-order valence-electron chi connectivity index (χ3n) is 6.62. The molecule has 4 rings (SSSR count). The predicted molar refractivity (Wildman–Crippen MR) is 111 cm³/mol. The van der Waals surface area contributed by atoms with Crippen LogP contribution in [-0.2, 0) is 10.2 Å². The monoisotopic (exact) mass is 379 g/mol. The highest BCUT2D eigenvalue weighted by atomic mass is 16.2. The quantitative estimate of drug-likeness (QED) is 0.804. The molecule has 2 radical (unpaired) electrons. The van der Waals surface area contributed by atoms with Gasteiger partial charge in [0.15, 0.2) is 0 Å². The normalized spacial score (nSPS) is 25.1. The summed E-state index contributed by atoms with van der Waals surface area (Å²) in [6.07, 6.45) is 6.07. The first-order valence-corrected chi connectivity index (χ1v) is 10.6. The molecule has 0 bridgehead atoms. The Morgan fingerprint density at radius 2 is 2.04 bits per heavy atom. The van der Waals surface area contributed by atoms with E-state index in [1.807, 2.05) is 6.07 Å². The van der Waals surface area contributed by atoms with Crippen LogP contribution in [0.2, 0.25) is 0 Å². The SMILES string of the molecule is [B]c1ccc2c(c1)C(C)(C)CN(CC(=O)N[C@@H]1CCCN(C3CCC3)C1)C2=O. The van der Waals surface area contributed by atoms with Crippen molar-refractivity contribution in [2.24, 2.45) is 0 Å². The number of hydrogen-bond acceptors (Lipinski definition) is 3. The molecule has 28 heavy (non-hydrogen) atoms. The lowest BCUT2D eigenvalue weighted by atomic mass is 9.75. The summed E-state index contributed by atoms with van der Waals surface area (Å²) in [4.78, 5) is 29.9. The molecule has 5 nitrogen and oxygen atoms in total. The summed E-state index contributed by atoms with van der Waals surface area (Å²) in [5, 5.41) is 3.19. The van der Waals surface area contributed by atoms with E-state index in [1.165, 1.54) is 19.3 Å². The molecule has 2 fully saturated rings. The molecule has 0 aromatic heterocycles. The summed E-state index contributed by atoms with van der Waals surface area (Å²) >= 11 is 0. The van der Waals surface area contributed by atoms with E-state index in [4.69, 9.17) is 7.85 Å². The molecule has 1 saturated carbocycles. The summed E-state index contributed by atoms with van der Waals surface area (Å²) in [5.74, 6) is -0.132. The lowest BCUT2D eigenvalue weighted by molar-refractivity contribution is -0.123. The zero-order chi connectivity index (χ0) is 19.9. The Morgan fingerprint density at radius 3 is 2.75 bits per heavy atom. The summed E-state index contributed by atoms with van der Waals surface area (Å²) in [6, 6.07) is 6.35. The largest absolute Gasteiger partial charge is 0.351 e. The van der Waals surface area contributed by atoms with E-state index in [0.29, 0.717) is 23.6 Å². The Hall–Kier alpha value is -1.82. The number of nitrogens with zero attached hydrogens (tertiary/aromatic N) is 2. The van der Waals surface area contributed by atoms with Crippen LogP contribution in [0.5, 0.6) is 0 Å². The van der Waals surface area contributed by atoms with Crippen LogP contribution in [0, 0.1) is 0 Å². The molecule has 1 atom stereocenters. The fourth-order valence-electron chi connectivity index (χ4n) is 4.89. The van der Waals surface area contributed by atoms with Crippen LogP contribution >= 0.6 is 0 Å². The number of carbonyl (C=O) groups excluding carboxylic acids is 2. The van der Waals surface area contributed by atoms with E-state index in [9.17, 15) is 9.59 Å². The summed E-state index contributed by atoms with van der Waals surface area (Å²) in [6.45, 7) is 6.93. The van der Waals surface area contributed by atoms with E-state index >= 15 is 0 Å². The smallest absolute Gasteiger partial charge is 0.254 e. The van der Waals surface area contributed by atoms with Gasteiger partial charge >= 0.3 is 0 Å². The van der Waals surface area contributed by atoms with Gasteiger partial charge in [0.05, 0.1) is 6.54 Å². The van der Waals surface area contributed by atoms with E-state index in [2.05, 4.69) is 24.1 Å². The number of hydrogen-bond donors (Lipinski definition) is 1. The molecule has 148 valence electrons. The molecule has 0 unspecified atom stereocenters. The van der Waals surface area contributed by atoms with Crippen molar-refractivity contribution >= 4 is 25.1 Å². The minimum atomic E-state index is -0.231. The first-order chi connectivity index (χ1) is 13.3. The highest BCUT2D eigenvalue weighted by Gasteiger charge is 2.37. The van der Waals surface area contributed by atoms with Gasteiger partial charge in [-0.25, -0.2) is 0 Å². The molecule has 2 amide bonds.